The van der Waals surface area contributed by atoms with Gasteiger partial charge in [-0.15, -0.1) is 0 Å². The van der Waals surface area contributed by atoms with E-state index in [1.165, 1.54) is 11.6 Å². The topological polar surface area (TPSA) is 76.1 Å². The van der Waals surface area contributed by atoms with Gasteiger partial charge in [0.2, 0.25) is 0 Å². The van der Waals surface area contributed by atoms with Crippen LogP contribution in [-0.2, 0) is 16.0 Å². The molecule has 0 unspecified atom stereocenters. The van der Waals surface area contributed by atoms with Crippen molar-refractivity contribution in [3.63, 3.8) is 0 Å². The van der Waals surface area contributed by atoms with Crippen molar-refractivity contribution in [1.82, 2.24) is 15.3 Å². The van der Waals surface area contributed by atoms with Crippen LogP contribution in [0.3, 0.4) is 0 Å². The van der Waals surface area contributed by atoms with E-state index in [2.05, 4.69) is 44.9 Å². The third-order valence-electron chi connectivity index (χ3n) is 4.65. The fourth-order valence-corrected chi connectivity index (χ4v) is 3.33. The second kappa shape index (κ2) is 8.77. The maximum atomic E-state index is 11.4. The largest absolute Gasteiger partial charge is 0.463 e. The first-order valence-corrected chi connectivity index (χ1v) is 9.31. The number of carbonyl (C=O) groups is 1. The Hall–Kier alpha value is -2.73. The van der Waals surface area contributed by atoms with E-state index in [4.69, 9.17) is 4.74 Å². The van der Waals surface area contributed by atoms with Crippen LogP contribution in [0, 0.1) is 6.92 Å². The number of anilines is 1. The molecule has 27 heavy (non-hydrogen) atoms. The number of aryl methyl sites for hydroxylation is 1. The van der Waals surface area contributed by atoms with Gasteiger partial charge in [0, 0.05) is 12.6 Å². The molecule has 0 radical (unpaired) electrons. The zero-order chi connectivity index (χ0) is 19.1. The highest BCUT2D eigenvalue weighted by Crippen LogP contribution is 2.26. The van der Waals surface area contributed by atoms with Gasteiger partial charge in [0.1, 0.15) is 5.82 Å². The monoisotopic (exact) mass is 366 g/mol. The molecule has 0 amide bonds. The molecule has 2 heterocycles. The van der Waals surface area contributed by atoms with Crippen LogP contribution in [0.25, 0.3) is 6.08 Å². The molecule has 1 aromatic carbocycles. The smallest absolute Gasteiger partial charge is 0.330 e. The molecule has 1 aliphatic rings. The molecular weight excluding hydrogens is 340 g/mol. The summed E-state index contributed by atoms with van der Waals surface area (Å²) in [7, 11) is 0. The van der Waals surface area contributed by atoms with Crippen LogP contribution >= 0.6 is 0 Å². The maximum absolute atomic E-state index is 11.4. The van der Waals surface area contributed by atoms with E-state index in [1.54, 1.807) is 19.2 Å². The van der Waals surface area contributed by atoms with Crippen molar-refractivity contribution >= 4 is 17.9 Å². The first-order valence-electron chi connectivity index (χ1n) is 9.31. The van der Waals surface area contributed by atoms with Crippen LogP contribution in [0.15, 0.2) is 42.6 Å². The molecule has 2 N–H and O–H groups in total. The van der Waals surface area contributed by atoms with Crippen LogP contribution in [0.5, 0.6) is 0 Å². The average molecular weight is 366 g/mol. The summed E-state index contributed by atoms with van der Waals surface area (Å²) in [6.07, 6.45) is 6.61. The molecule has 0 bridgehead atoms. The normalized spacial score (nSPS) is 19.3. The minimum atomic E-state index is -0.377. The molecule has 1 saturated heterocycles. The van der Waals surface area contributed by atoms with Crippen molar-refractivity contribution in [3.8, 4) is 0 Å². The number of carbonyl (C=O) groups excluding carboxylic acids is 1. The van der Waals surface area contributed by atoms with Crippen LogP contribution in [-0.4, -0.2) is 41.2 Å². The summed E-state index contributed by atoms with van der Waals surface area (Å²) >= 11 is 0. The van der Waals surface area contributed by atoms with Gasteiger partial charge in [-0.05, 0) is 44.9 Å². The molecule has 0 saturated carbocycles. The van der Waals surface area contributed by atoms with E-state index in [0.29, 0.717) is 12.3 Å². The van der Waals surface area contributed by atoms with Crippen molar-refractivity contribution in [2.45, 2.75) is 32.2 Å². The first kappa shape index (κ1) is 19.0. The number of nitrogens with zero attached hydrogens (tertiary/aromatic N) is 2. The number of benzene rings is 1. The van der Waals surface area contributed by atoms with E-state index < -0.39 is 0 Å². The van der Waals surface area contributed by atoms with E-state index >= 15 is 0 Å². The first-order chi connectivity index (χ1) is 13.1. The fraction of sp³-hybridized carbons (Fsp3) is 0.381. The molecule has 1 aliphatic heterocycles. The highest BCUT2D eigenvalue weighted by Gasteiger charge is 2.34. The molecule has 1 aromatic heterocycles. The van der Waals surface area contributed by atoms with Crippen molar-refractivity contribution in [2.75, 3.05) is 25.0 Å². The summed E-state index contributed by atoms with van der Waals surface area (Å²) in [4.78, 5) is 20.5. The minimum absolute atomic E-state index is 0.0803. The number of nitrogens with one attached hydrogen (secondary N) is 2. The molecular formula is C21H26N4O2. The van der Waals surface area contributed by atoms with Crippen LogP contribution in [0.2, 0.25) is 0 Å². The lowest BCUT2D eigenvalue weighted by molar-refractivity contribution is -0.137. The lowest BCUT2D eigenvalue weighted by atomic mass is 9.89. The number of ether oxygens (including phenoxy) is 1. The third kappa shape index (κ3) is 5.14. The third-order valence-corrected chi connectivity index (χ3v) is 4.65. The highest BCUT2D eigenvalue weighted by molar-refractivity contribution is 5.86. The molecule has 1 atom stereocenters. The van der Waals surface area contributed by atoms with Crippen LogP contribution < -0.4 is 10.6 Å². The molecule has 142 valence electrons. The van der Waals surface area contributed by atoms with Gasteiger partial charge >= 0.3 is 5.97 Å². The molecule has 0 spiro atoms. The SMILES string of the molecule is CCOC(=O)C=Cc1cnc(N[C@]2(Cc3ccccc3)CCNC2)c(C)n1. The Kier molecular flexibility index (Phi) is 6.19. The van der Waals surface area contributed by atoms with Gasteiger partial charge in [-0.2, -0.15) is 0 Å². The van der Waals surface area contributed by atoms with E-state index in [1.807, 2.05) is 13.0 Å². The Morgan fingerprint density at radius 2 is 2.19 bits per heavy atom. The van der Waals surface area contributed by atoms with E-state index in [9.17, 15) is 4.79 Å². The molecule has 6 nitrogen and oxygen atoms in total. The van der Waals surface area contributed by atoms with Crippen LogP contribution in [0.4, 0.5) is 5.82 Å². The Balaban J connectivity index is 1.74. The Bertz CT molecular complexity index is 799. The lowest BCUT2D eigenvalue weighted by Gasteiger charge is -2.31. The molecule has 1 fully saturated rings. The van der Waals surface area contributed by atoms with Gasteiger partial charge in [-0.3, -0.25) is 0 Å². The fourth-order valence-electron chi connectivity index (χ4n) is 3.33. The van der Waals surface area contributed by atoms with Gasteiger partial charge in [-0.25, -0.2) is 14.8 Å². The molecule has 6 heteroatoms. The average Bonchev–Trinajstić information content (AvgIpc) is 3.11. The van der Waals surface area contributed by atoms with Gasteiger partial charge in [0.05, 0.1) is 29.7 Å². The summed E-state index contributed by atoms with van der Waals surface area (Å²) in [5.41, 5.74) is 2.66. The van der Waals surface area contributed by atoms with Crippen molar-refractivity contribution in [1.29, 1.82) is 0 Å². The summed E-state index contributed by atoms with van der Waals surface area (Å²) < 4.78 is 4.88. The van der Waals surface area contributed by atoms with Crippen molar-refractivity contribution < 1.29 is 9.53 Å². The molecule has 2 aromatic rings. The summed E-state index contributed by atoms with van der Waals surface area (Å²) in [6, 6.07) is 10.5. The zero-order valence-electron chi connectivity index (χ0n) is 15.9. The number of hydrogen-bond acceptors (Lipinski definition) is 6. The van der Waals surface area contributed by atoms with Crippen LogP contribution in [0.1, 0.15) is 30.3 Å². The maximum Gasteiger partial charge on any atom is 0.330 e. The summed E-state index contributed by atoms with van der Waals surface area (Å²) in [6.45, 7) is 5.92. The molecule has 3 rings (SSSR count). The predicted octanol–water partition coefficient (Wildman–Crippen LogP) is 2.75. The van der Waals surface area contributed by atoms with Gasteiger partial charge in [0.15, 0.2) is 0 Å². The van der Waals surface area contributed by atoms with E-state index in [0.717, 1.165) is 37.4 Å². The summed E-state index contributed by atoms with van der Waals surface area (Å²) in [5.74, 6) is 0.404. The highest BCUT2D eigenvalue weighted by atomic mass is 16.5. The second-order valence-electron chi connectivity index (χ2n) is 6.81. The van der Waals surface area contributed by atoms with Gasteiger partial charge in [0.25, 0.3) is 0 Å². The predicted molar refractivity (Wildman–Crippen MR) is 106 cm³/mol. The van der Waals surface area contributed by atoms with Gasteiger partial charge < -0.3 is 15.4 Å². The minimum Gasteiger partial charge on any atom is -0.463 e. The summed E-state index contributed by atoms with van der Waals surface area (Å²) in [5, 5.41) is 7.09. The number of aromatic nitrogens is 2. The molecule has 0 aliphatic carbocycles. The van der Waals surface area contributed by atoms with E-state index in [-0.39, 0.29) is 11.5 Å². The quantitative estimate of drug-likeness (QED) is 0.580. The Morgan fingerprint density at radius 3 is 2.85 bits per heavy atom. The number of esters is 1. The number of rotatable bonds is 7. The van der Waals surface area contributed by atoms with Crippen molar-refractivity contribution in [3.05, 3.63) is 59.6 Å². The lowest BCUT2D eigenvalue weighted by Crippen LogP contribution is -2.43. The van der Waals surface area contributed by atoms with Gasteiger partial charge in [-0.1, -0.05) is 30.3 Å². The Labute approximate surface area is 160 Å². The second-order valence-corrected chi connectivity index (χ2v) is 6.81. The Morgan fingerprint density at radius 1 is 1.37 bits per heavy atom. The zero-order valence-corrected chi connectivity index (χ0v) is 15.9. The standard InChI is InChI=1S/C21H26N4O2/c1-3-27-19(26)10-9-18-14-23-20(16(2)24-18)25-21(11-12-22-15-21)13-17-7-5-4-6-8-17/h4-10,14,22H,3,11-13,15H2,1-2H3,(H,23,25)/t21-/m0/s1. The number of hydrogen-bond donors (Lipinski definition) is 2. The van der Waals surface area contributed by atoms with Crippen molar-refractivity contribution in [2.24, 2.45) is 0 Å².